The van der Waals surface area contributed by atoms with Gasteiger partial charge in [0.15, 0.2) is 5.82 Å². The molecule has 0 N–H and O–H groups in total. The topological polar surface area (TPSA) is 104 Å². The fourth-order valence-electron chi connectivity index (χ4n) is 4.35. The largest absolute Gasteiger partial charge is 0.497 e. The third-order valence-electron chi connectivity index (χ3n) is 6.32. The third-order valence-corrected chi connectivity index (χ3v) is 9.28. The van der Waals surface area contributed by atoms with E-state index >= 15 is 0 Å². The highest BCUT2D eigenvalue weighted by Crippen LogP contribution is 2.43. The van der Waals surface area contributed by atoms with Crippen molar-refractivity contribution < 1.29 is 35.6 Å². The molecule has 2 aromatic heterocycles. The van der Waals surface area contributed by atoms with E-state index in [2.05, 4.69) is 5.16 Å². The Balaban J connectivity index is 1.60. The molecule has 0 aliphatic carbocycles. The van der Waals surface area contributed by atoms with Crippen molar-refractivity contribution in [3.8, 4) is 17.2 Å². The van der Waals surface area contributed by atoms with Gasteiger partial charge in [-0.1, -0.05) is 28.9 Å². The average molecular weight is 652 g/mol. The zero-order valence-electron chi connectivity index (χ0n) is 22.3. The highest BCUT2D eigenvalue weighted by Gasteiger charge is 2.32. The second-order valence-corrected chi connectivity index (χ2v) is 12.3. The maximum Gasteiger partial charge on any atom is 0.446 e. The molecule has 0 saturated carbocycles. The van der Waals surface area contributed by atoms with Crippen LogP contribution in [0.25, 0.3) is 16.6 Å². The number of thioether (sulfide) groups is 1. The maximum absolute atomic E-state index is 13.9. The zero-order valence-corrected chi connectivity index (χ0v) is 24.7. The standard InChI is InChI=1S/C28H21ClF3N3O6S2/c1-39-19-6-3-17(4-7-19)16-34(26-11-12-41-33-26)43(37,38)20-8-9-22-18(13-20)5-10-27(36)35(22)23-14-21(29)25(15-24(23)40-2)42-28(30,31)32/h3-15H,16H2,1-2H3. The number of halogens is 4. The SMILES string of the molecule is COc1ccc(CN(c2ccon2)S(=O)(=O)c2ccc3c(ccc(=O)n3-c3cc(Cl)c(SC(F)(F)F)cc3OC)c2)cc1. The second kappa shape index (κ2) is 11.9. The number of methoxy groups -OCH3 is 2. The van der Waals surface area contributed by atoms with Crippen molar-refractivity contribution in [2.75, 3.05) is 18.5 Å². The number of benzene rings is 3. The fourth-order valence-corrected chi connectivity index (χ4v) is 6.62. The first-order valence-electron chi connectivity index (χ1n) is 12.3. The molecule has 5 rings (SSSR count). The fraction of sp³-hybridized carbons (Fsp3) is 0.143. The second-order valence-electron chi connectivity index (χ2n) is 8.95. The van der Waals surface area contributed by atoms with E-state index in [1.165, 1.54) is 67.5 Å². The van der Waals surface area contributed by atoms with Crippen molar-refractivity contribution in [1.29, 1.82) is 0 Å². The van der Waals surface area contributed by atoms with E-state index in [1.807, 2.05) is 0 Å². The monoisotopic (exact) mass is 651 g/mol. The highest BCUT2D eigenvalue weighted by molar-refractivity contribution is 8.00. The molecule has 0 spiro atoms. The van der Waals surface area contributed by atoms with Crippen LogP contribution in [0.1, 0.15) is 5.56 Å². The van der Waals surface area contributed by atoms with Crippen molar-refractivity contribution in [2.24, 2.45) is 0 Å². The summed E-state index contributed by atoms with van der Waals surface area (Å²) < 4.78 is 84.6. The van der Waals surface area contributed by atoms with Crippen molar-refractivity contribution in [2.45, 2.75) is 21.8 Å². The van der Waals surface area contributed by atoms with Gasteiger partial charge in [0.05, 0.1) is 41.9 Å². The lowest BCUT2D eigenvalue weighted by Crippen LogP contribution is -2.31. The number of pyridine rings is 1. The predicted octanol–water partition coefficient (Wildman–Crippen LogP) is 6.66. The molecular formula is C28H21ClF3N3O6S2. The normalized spacial score (nSPS) is 12.0. The zero-order chi connectivity index (χ0) is 30.9. The number of nitrogens with zero attached hydrogens (tertiary/aromatic N) is 3. The third kappa shape index (κ3) is 6.31. The summed E-state index contributed by atoms with van der Waals surface area (Å²) in [5.41, 5.74) is -4.15. The lowest BCUT2D eigenvalue weighted by atomic mass is 10.2. The van der Waals surface area contributed by atoms with Gasteiger partial charge in [0.1, 0.15) is 17.8 Å². The van der Waals surface area contributed by atoms with Crippen LogP contribution in [0.4, 0.5) is 19.0 Å². The van der Waals surface area contributed by atoms with E-state index < -0.39 is 32.9 Å². The van der Waals surface area contributed by atoms with Gasteiger partial charge in [-0.25, -0.2) is 12.7 Å². The predicted molar refractivity (Wildman–Crippen MR) is 156 cm³/mol. The van der Waals surface area contributed by atoms with E-state index in [-0.39, 0.29) is 44.1 Å². The van der Waals surface area contributed by atoms with Crippen LogP contribution in [-0.4, -0.2) is 37.9 Å². The molecule has 0 amide bonds. The Kier molecular flexibility index (Phi) is 8.36. The van der Waals surface area contributed by atoms with Crippen molar-refractivity contribution in [1.82, 2.24) is 9.72 Å². The molecule has 5 aromatic rings. The number of sulfonamides is 1. The number of anilines is 1. The van der Waals surface area contributed by atoms with Crippen LogP contribution >= 0.6 is 23.4 Å². The van der Waals surface area contributed by atoms with Gasteiger partial charge in [-0.05, 0) is 65.9 Å². The Hall–Kier alpha value is -4.14. The van der Waals surface area contributed by atoms with E-state index in [9.17, 15) is 26.4 Å². The minimum absolute atomic E-state index is 0.0425. The number of hydrogen-bond acceptors (Lipinski definition) is 8. The van der Waals surface area contributed by atoms with Gasteiger partial charge in [-0.3, -0.25) is 9.36 Å². The molecule has 224 valence electrons. The van der Waals surface area contributed by atoms with E-state index in [1.54, 1.807) is 24.3 Å². The summed E-state index contributed by atoms with van der Waals surface area (Å²) in [5, 5.41) is 3.92. The Bertz CT molecular complexity index is 1950. The van der Waals surface area contributed by atoms with Crippen molar-refractivity contribution in [3.05, 3.63) is 100.0 Å². The summed E-state index contributed by atoms with van der Waals surface area (Å²) in [6.45, 7) is -0.0750. The summed E-state index contributed by atoms with van der Waals surface area (Å²) in [7, 11) is -1.45. The van der Waals surface area contributed by atoms with Gasteiger partial charge in [-0.15, -0.1) is 0 Å². The maximum atomic E-state index is 13.9. The number of aromatic nitrogens is 2. The number of ether oxygens (including phenoxy) is 2. The Morgan fingerprint density at radius 1 is 1.00 bits per heavy atom. The summed E-state index contributed by atoms with van der Waals surface area (Å²) in [4.78, 5) is 12.6. The van der Waals surface area contributed by atoms with Gasteiger partial charge in [0.2, 0.25) is 0 Å². The van der Waals surface area contributed by atoms with Crippen LogP contribution in [0.15, 0.2) is 98.2 Å². The van der Waals surface area contributed by atoms with Crippen LogP contribution in [0.3, 0.4) is 0 Å². The lowest BCUT2D eigenvalue weighted by Gasteiger charge is -2.22. The highest BCUT2D eigenvalue weighted by atomic mass is 35.5. The molecule has 15 heteroatoms. The van der Waals surface area contributed by atoms with Gasteiger partial charge >= 0.3 is 5.51 Å². The van der Waals surface area contributed by atoms with Crippen molar-refractivity contribution in [3.63, 3.8) is 0 Å². The van der Waals surface area contributed by atoms with Gasteiger partial charge in [0.25, 0.3) is 15.6 Å². The molecule has 9 nitrogen and oxygen atoms in total. The minimum Gasteiger partial charge on any atom is -0.497 e. The Morgan fingerprint density at radius 3 is 2.37 bits per heavy atom. The smallest absolute Gasteiger partial charge is 0.446 e. The van der Waals surface area contributed by atoms with E-state index in [0.29, 0.717) is 16.7 Å². The summed E-state index contributed by atoms with van der Waals surface area (Å²) >= 11 is 5.76. The van der Waals surface area contributed by atoms with Crippen LogP contribution in [-0.2, 0) is 16.6 Å². The van der Waals surface area contributed by atoms with Crippen LogP contribution in [0.2, 0.25) is 5.02 Å². The first-order chi connectivity index (χ1) is 20.4. The number of fused-ring (bicyclic) bond motifs is 1. The molecule has 0 fully saturated rings. The Labute approximate surface area is 252 Å². The molecular weight excluding hydrogens is 631 g/mol. The molecule has 0 aliphatic heterocycles. The molecule has 0 bridgehead atoms. The van der Waals surface area contributed by atoms with Crippen molar-refractivity contribution >= 4 is 50.1 Å². The van der Waals surface area contributed by atoms with Crippen LogP contribution in [0, 0.1) is 0 Å². The van der Waals surface area contributed by atoms with Gasteiger partial charge < -0.3 is 14.0 Å². The molecule has 43 heavy (non-hydrogen) atoms. The van der Waals surface area contributed by atoms with E-state index in [0.717, 1.165) is 10.4 Å². The van der Waals surface area contributed by atoms with Crippen LogP contribution in [0.5, 0.6) is 11.5 Å². The number of rotatable bonds is 9. The molecule has 0 unspecified atom stereocenters. The Morgan fingerprint density at radius 2 is 1.74 bits per heavy atom. The summed E-state index contributed by atoms with van der Waals surface area (Å²) in [6, 6.07) is 17.3. The molecule has 0 saturated heterocycles. The summed E-state index contributed by atoms with van der Waals surface area (Å²) in [5.74, 6) is 0.614. The van der Waals surface area contributed by atoms with Crippen LogP contribution < -0.4 is 19.3 Å². The van der Waals surface area contributed by atoms with E-state index in [4.69, 9.17) is 25.6 Å². The lowest BCUT2D eigenvalue weighted by molar-refractivity contribution is -0.0328. The molecule has 0 aliphatic rings. The molecule has 3 aromatic carbocycles. The number of alkyl halides is 3. The minimum atomic E-state index is -4.60. The van der Waals surface area contributed by atoms with Gasteiger partial charge in [0, 0.05) is 22.4 Å². The molecule has 0 atom stereocenters. The first kappa shape index (κ1) is 30.3. The summed E-state index contributed by atoms with van der Waals surface area (Å²) in [6.07, 6.45) is 1.25. The number of hydrogen-bond donors (Lipinski definition) is 0. The quantitative estimate of drug-likeness (QED) is 0.163. The van der Waals surface area contributed by atoms with Gasteiger partial charge in [-0.2, -0.15) is 13.2 Å². The molecule has 0 radical (unpaired) electrons. The molecule has 2 heterocycles. The average Bonchev–Trinajstić information content (AvgIpc) is 3.50. The first-order valence-corrected chi connectivity index (χ1v) is 14.9.